The molecule has 2 rings (SSSR count). The van der Waals surface area contributed by atoms with E-state index in [1.807, 2.05) is 24.3 Å². The maximum absolute atomic E-state index is 4.27. The Kier molecular flexibility index (Phi) is 3.24. The smallest absolute Gasteiger partial charge is 0.111 e. The van der Waals surface area contributed by atoms with E-state index in [9.17, 15) is 0 Å². The molecule has 0 unspecified atom stereocenters. The fraction of sp³-hybridized carbons (Fsp3) is 0.385. The molecule has 0 bridgehead atoms. The van der Waals surface area contributed by atoms with E-state index in [-0.39, 0.29) is 5.54 Å². The van der Waals surface area contributed by atoms with Gasteiger partial charge in [-0.2, -0.15) is 5.10 Å². The maximum Gasteiger partial charge on any atom is 0.111 e. The molecular weight excluding hydrogens is 212 g/mol. The summed E-state index contributed by atoms with van der Waals surface area (Å²) in [7, 11) is 0. The topological polar surface area (TPSA) is 53.6 Å². The minimum atomic E-state index is 0.107. The summed E-state index contributed by atoms with van der Waals surface area (Å²) in [5.41, 5.74) is 2.96. The highest BCUT2D eigenvalue weighted by atomic mass is 15.1. The molecule has 0 spiro atoms. The number of hydrogen-bond acceptors (Lipinski definition) is 3. The summed E-state index contributed by atoms with van der Waals surface area (Å²) in [4.78, 5) is 4.27. The van der Waals surface area contributed by atoms with Crippen LogP contribution in [0.1, 0.15) is 26.5 Å². The minimum absolute atomic E-state index is 0.107. The second-order valence-electron chi connectivity index (χ2n) is 5.10. The molecule has 0 radical (unpaired) electrons. The number of hydrogen-bond donors (Lipinski definition) is 2. The van der Waals surface area contributed by atoms with Crippen LogP contribution in [0.25, 0.3) is 11.4 Å². The third-order valence-corrected chi connectivity index (χ3v) is 2.37. The van der Waals surface area contributed by atoms with Crippen LogP contribution in [0, 0.1) is 0 Å². The van der Waals surface area contributed by atoms with Gasteiger partial charge in [-0.25, -0.2) is 0 Å². The van der Waals surface area contributed by atoms with E-state index in [0.717, 1.165) is 23.6 Å². The summed E-state index contributed by atoms with van der Waals surface area (Å²) in [6.07, 6.45) is 1.77. The Morgan fingerprint density at radius 2 is 2.06 bits per heavy atom. The van der Waals surface area contributed by atoms with E-state index in [2.05, 4.69) is 41.3 Å². The van der Waals surface area contributed by atoms with E-state index in [1.54, 1.807) is 6.20 Å². The highest BCUT2D eigenvalue weighted by molar-refractivity contribution is 5.53. The molecular formula is C13H18N4. The van der Waals surface area contributed by atoms with Crippen molar-refractivity contribution in [2.45, 2.75) is 32.9 Å². The van der Waals surface area contributed by atoms with Crippen molar-refractivity contribution in [1.29, 1.82) is 0 Å². The average molecular weight is 230 g/mol. The molecule has 0 fully saturated rings. The normalized spacial score (nSPS) is 11.7. The second kappa shape index (κ2) is 4.67. The highest BCUT2D eigenvalue weighted by Gasteiger charge is 2.10. The van der Waals surface area contributed by atoms with E-state index < -0.39 is 0 Å². The van der Waals surface area contributed by atoms with Gasteiger partial charge in [0.2, 0.25) is 0 Å². The first-order valence-electron chi connectivity index (χ1n) is 5.75. The lowest BCUT2D eigenvalue weighted by Crippen LogP contribution is -2.35. The third kappa shape index (κ3) is 3.39. The van der Waals surface area contributed by atoms with Crippen molar-refractivity contribution in [1.82, 2.24) is 20.5 Å². The number of aromatic nitrogens is 3. The van der Waals surface area contributed by atoms with E-state index >= 15 is 0 Å². The van der Waals surface area contributed by atoms with Crippen LogP contribution in [0.15, 0.2) is 30.5 Å². The zero-order valence-electron chi connectivity index (χ0n) is 10.5. The van der Waals surface area contributed by atoms with Gasteiger partial charge in [-0.05, 0) is 39.0 Å². The number of nitrogens with zero attached hydrogens (tertiary/aromatic N) is 2. The van der Waals surface area contributed by atoms with Crippen LogP contribution in [0.4, 0.5) is 0 Å². The van der Waals surface area contributed by atoms with Crippen LogP contribution in [-0.2, 0) is 6.54 Å². The predicted molar refractivity (Wildman–Crippen MR) is 68.4 cm³/mol. The van der Waals surface area contributed by atoms with Crippen LogP contribution in [-0.4, -0.2) is 20.7 Å². The minimum Gasteiger partial charge on any atom is -0.306 e. The Bertz CT molecular complexity index is 468. The molecule has 0 aromatic carbocycles. The summed E-state index contributed by atoms with van der Waals surface area (Å²) in [5, 5.41) is 10.7. The fourth-order valence-corrected chi connectivity index (χ4v) is 1.46. The number of aromatic amines is 1. The van der Waals surface area contributed by atoms with Gasteiger partial charge in [0.1, 0.15) is 5.69 Å². The molecule has 17 heavy (non-hydrogen) atoms. The molecule has 0 aliphatic heterocycles. The molecule has 90 valence electrons. The van der Waals surface area contributed by atoms with Crippen LogP contribution < -0.4 is 5.32 Å². The molecule has 0 aliphatic rings. The van der Waals surface area contributed by atoms with Gasteiger partial charge in [-0.15, -0.1) is 0 Å². The zero-order chi connectivity index (χ0) is 12.3. The summed E-state index contributed by atoms with van der Waals surface area (Å²) in [6.45, 7) is 7.21. The van der Waals surface area contributed by atoms with Crippen molar-refractivity contribution in [2.75, 3.05) is 0 Å². The Morgan fingerprint density at radius 3 is 2.71 bits per heavy atom. The van der Waals surface area contributed by atoms with Crippen LogP contribution in [0.3, 0.4) is 0 Å². The summed E-state index contributed by atoms with van der Waals surface area (Å²) in [6, 6.07) is 7.85. The molecule has 2 aromatic rings. The standard InChI is InChI=1S/C13H18N4/c1-13(2,3)15-9-10-8-12(17-16-10)11-6-4-5-7-14-11/h4-8,15H,9H2,1-3H3,(H,16,17). The molecule has 0 saturated heterocycles. The number of pyridine rings is 1. The molecule has 0 aliphatic carbocycles. The number of H-pyrrole nitrogens is 1. The van der Waals surface area contributed by atoms with Gasteiger partial charge in [0.25, 0.3) is 0 Å². The van der Waals surface area contributed by atoms with E-state index in [1.165, 1.54) is 0 Å². The SMILES string of the molecule is CC(C)(C)NCc1cc(-c2ccccn2)n[nH]1. The first kappa shape index (κ1) is 11.8. The molecule has 2 aromatic heterocycles. The lowest BCUT2D eigenvalue weighted by atomic mass is 10.1. The molecule has 0 saturated carbocycles. The second-order valence-corrected chi connectivity index (χ2v) is 5.10. The molecule has 0 atom stereocenters. The molecule has 4 nitrogen and oxygen atoms in total. The monoisotopic (exact) mass is 230 g/mol. The third-order valence-electron chi connectivity index (χ3n) is 2.37. The van der Waals surface area contributed by atoms with Gasteiger partial charge in [0.15, 0.2) is 0 Å². The van der Waals surface area contributed by atoms with Crippen molar-refractivity contribution >= 4 is 0 Å². The van der Waals surface area contributed by atoms with Crippen molar-refractivity contribution in [2.24, 2.45) is 0 Å². The largest absolute Gasteiger partial charge is 0.306 e. The van der Waals surface area contributed by atoms with Gasteiger partial charge in [0, 0.05) is 24.0 Å². The Morgan fingerprint density at radius 1 is 1.24 bits per heavy atom. The Labute approximate surface area is 101 Å². The Balaban J connectivity index is 2.07. The lowest BCUT2D eigenvalue weighted by molar-refractivity contribution is 0.421. The zero-order valence-corrected chi connectivity index (χ0v) is 10.5. The van der Waals surface area contributed by atoms with Crippen LogP contribution >= 0.6 is 0 Å². The first-order chi connectivity index (χ1) is 8.04. The quantitative estimate of drug-likeness (QED) is 0.851. The van der Waals surface area contributed by atoms with Crippen molar-refractivity contribution in [3.05, 3.63) is 36.2 Å². The molecule has 2 N–H and O–H groups in total. The molecule has 0 amide bonds. The number of rotatable bonds is 3. The summed E-state index contributed by atoms with van der Waals surface area (Å²) >= 11 is 0. The average Bonchev–Trinajstić information content (AvgIpc) is 2.75. The van der Waals surface area contributed by atoms with E-state index in [0.29, 0.717) is 0 Å². The van der Waals surface area contributed by atoms with Crippen LogP contribution in [0.5, 0.6) is 0 Å². The fourth-order valence-electron chi connectivity index (χ4n) is 1.46. The van der Waals surface area contributed by atoms with Gasteiger partial charge in [-0.1, -0.05) is 6.07 Å². The number of nitrogens with one attached hydrogen (secondary N) is 2. The van der Waals surface area contributed by atoms with Crippen LogP contribution in [0.2, 0.25) is 0 Å². The van der Waals surface area contributed by atoms with Gasteiger partial charge < -0.3 is 5.32 Å². The first-order valence-corrected chi connectivity index (χ1v) is 5.75. The predicted octanol–water partition coefficient (Wildman–Crippen LogP) is 2.36. The lowest BCUT2D eigenvalue weighted by Gasteiger charge is -2.19. The van der Waals surface area contributed by atoms with Gasteiger partial charge >= 0.3 is 0 Å². The maximum atomic E-state index is 4.27. The van der Waals surface area contributed by atoms with Crippen molar-refractivity contribution in [3.8, 4) is 11.4 Å². The molecule has 2 heterocycles. The summed E-state index contributed by atoms with van der Waals surface area (Å²) < 4.78 is 0. The van der Waals surface area contributed by atoms with Gasteiger partial charge in [-0.3, -0.25) is 10.1 Å². The highest BCUT2D eigenvalue weighted by Crippen LogP contribution is 2.14. The van der Waals surface area contributed by atoms with E-state index in [4.69, 9.17) is 0 Å². The Hall–Kier alpha value is -1.68. The summed E-state index contributed by atoms with van der Waals surface area (Å²) in [5.74, 6) is 0. The van der Waals surface area contributed by atoms with Gasteiger partial charge in [0.05, 0.1) is 5.69 Å². The molecule has 4 heteroatoms. The van der Waals surface area contributed by atoms with Crippen molar-refractivity contribution in [3.63, 3.8) is 0 Å². The van der Waals surface area contributed by atoms with Crippen molar-refractivity contribution < 1.29 is 0 Å².